The monoisotopic (exact) mass is 340 g/mol. The van der Waals surface area contributed by atoms with E-state index >= 15 is 0 Å². The molecule has 4 nitrogen and oxygen atoms in total. The quantitative estimate of drug-likeness (QED) is 0.573. The Kier molecular flexibility index (Phi) is 10.4. The van der Waals surface area contributed by atoms with Gasteiger partial charge in [-0.3, -0.25) is 4.90 Å². The van der Waals surface area contributed by atoms with Crippen molar-refractivity contribution in [3.8, 4) is 0 Å². The highest BCUT2D eigenvalue weighted by atomic mass is 15.3. The molecule has 0 N–H and O–H groups in total. The molecule has 0 radical (unpaired) electrons. The fourth-order valence-electron chi connectivity index (χ4n) is 3.63. The second-order valence-corrected chi connectivity index (χ2v) is 8.39. The SMILES string of the molecule is CC(C)N(C)CCCN1CCN(CCCN(C(C)C)C(C)C)CC1. The molecule has 0 aromatic carbocycles. The van der Waals surface area contributed by atoms with Crippen LogP contribution in [0, 0.1) is 0 Å². The lowest BCUT2D eigenvalue weighted by Gasteiger charge is -2.36. The molecule has 1 saturated heterocycles. The van der Waals surface area contributed by atoms with Crippen LogP contribution in [0.4, 0.5) is 0 Å². The van der Waals surface area contributed by atoms with Crippen molar-refractivity contribution in [3.05, 3.63) is 0 Å². The third kappa shape index (κ3) is 8.28. The van der Waals surface area contributed by atoms with Crippen molar-refractivity contribution in [3.63, 3.8) is 0 Å². The summed E-state index contributed by atoms with van der Waals surface area (Å²) >= 11 is 0. The average Bonchev–Trinajstić information content (AvgIpc) is 2.51. The minimum atomic E-state index is 0.658. The van der Waals surface area contributed by atoms with Gasteiger partial charge in [0.05, 0.1) is 0 Å². The third-order valence-corrected chi connectivity index (χ3v) is 5.55. The Balaban J connectivity index is 2.13. The van der Waals surface area contributed by atoms with E-state index in [0.29, 0.717) is 18.1 Å². The minimum absolute atomic E-state index is 0.658. The molecular weight excluding hydrogens is 296 g/mol. The van der Waals surface area contributed by atoms with E-state index in [1.807, 2.05) is 0 Å². The average molecular weight is 341 g/mol. The van der Waals surface area contributed by atoms with Gasteiger partial charge in [0.1, 0.15) is 0 Å². The Labute approximate surface area is 152 Å². The predicted octanol–water partition coefficient (Wildman–Crippen LogP) is 2.84. The molecule has 4 heteroatoms. The van der Waals surface area contributed by atoms with Crippen molar-refractivity contribution < 1.29 is 0 Å². The number of rotatable bonds is 11. The van der Waals surface area contributed by atoms with Crippen LogP contribution in [0.3, 0.4) is 0 Å². The number of piperazine rings is 1. The molecule has 0 atom stereocenters. The zero-order valence-corrected chi connectivity index (χ0v) is 17.6. The van der Waals surface area contributed by atoms with Crippen LogP contribution in [-0.2, 0) is 0 Å². The molecule has 0 aliphatic carbocycles. The maximum Gasteiger partial charge on any atom is 0.0110 e. The maximum atomic E-state index is 2.66. The summed E-state index contributed by atoms with van der Waals surface area (Å²) in [4.78, 5) is 10.4. The fraction of sp³-hybridized carbons (Fsp3) is 1.00. The van der Waals surface area contributed by atoms with Gasteiger partial charge in [-0.2, -0.15) is 0 Å². The van der Waals surface area contributed by atoms with Gasteiger partial charge in [-0.25, -0.2) is 0 Å². The van der Waals surface area contributed by atoms with E-state index in [2.05, 4.69) is 68.2 Å². The van der Waals surface area contributed by atoms with Gasteiger partial charge in [0.2, 0.25) is 0 Å². The van der Waals surface area contributed by atoms with Gasteiger partial charge in [-0.05, 0) is 87.6 Å². The molecule has 1 aliphatic heterocycles. The summed E-state index contributed by atoms with van der Waals surface area (Å²) in [5.74, 6) is 0. The van der Waals surface area contributed by atoms with Gasteiger partial charge in [0.25, 0.3) is 0 Å². The summed E-state index contributed by atoms with van der Waals surface area (Å²) in [5.41, 5.74) is 0. The molecule has 0 saturated carbocycles. The van der Waals surface area contributed by atoms with E-state index in [1.165, 1.54) is 65.2 Å². The summed E-state index contributed by atoms with van der Waals surface area (Å²) in [7, 11) is 2.24. The van der Waals surface area contributed by atoms with E-state index in [4.69, 9.17) is 0 Å². The van der Waals surface area contributed by atoms with E-state index in [0.717, 1.165) is 0 Å². The first-order valence-electron chi connectivity index (χ1n) is 10.2. The standard InChI is InChI=1S/C20H44N4/c1-18(2)21(7)10-8-11-22-14-16-23(17-15-22)12-9-13-24(19(3)4)20(5)6/h18-20H,8-17H2,1-7H3. The summed E-state index contributed by atoms with van der Waals surface area (Å²) in [6.45, 7) is 23.8. The molecule has 1 fully saturated rings. The summed E-state index contributed by atoms with van der Waals surface area (Å²) in [6.07, 6.45) is 2.60. The molecule has 0 unspecified atom stereocenters. The molecule has 1 rings (SSSR count). The zero-order chi connectivity index (χ0) is 18.1. The molecule has 0 bridgehead atoms. The van der Waals surface area contributed by atoms with Crippen LogP contribution >= 0.6 is 0 Å². The molecule has 24 heavy (non-hydrogen) atoms. The molecule has 0 aromatic rings. The Morgan fingerprint density at radius 1 is 0.667 bits per heavy atom. The van der Waals surface area contributed by atoms with Crippen LogP contribution in [0.5, 0.6) is 0 Å². The van der Waals surface area contributed by atoms with Crippen molar-refractivity contribution in [2.45, 2.75) is 72.5 Å². The van der Waals surface area contributed by atoms with Crippen LogP contribution in [0.1, 0.15) is 54.4 Å². The van der Waals surface area contributed by atoms with Crippen LogP contribution in [-0.4, -0.2) is 97.1 Å². The van der Waals surface area contributed by atoms with Crippen molar-refractivity contribution in [2.75, 3.05) is 59.4 Å². The number of hydrogen-bond donors (Lipinski definition) is 0. The lowest BCUT2D eigenvalue weighted by molar-refractivity contribution is 0.114. The van der Waals surface area contributed by atoms with E-state index in [-0.39, 0.29) is 0 Å². The van der Waals surface area contributed by atoms with Gasteiger partial charge in [0, 0.05) is 44.3 Å². The van der Waals surface area contributed by atoms with Crippen LogP contribution in [0.2, 0.25) is 0 Å². The largest absolute Gasteiger partial charge is 0.304 e. The lowest BCUT2D eigenvalue weighted by Crippen LogP contribution is -2.47. The second kappa shape index (κ2) is 11.5. The normalized spacial score (nSPS) is 18.0. The van der Waals surface area contributed by atoms with E-state index in [9.17, 15) is 0 Å². The van der Waals surface area contributed by atoms with E-state index in [1.54, 1.807) is 0 Å². The number of nitrogens with zero attached hydrogens (tertiary/aromatic N) is 4. The third-order valence-electron chi connectivity index (χ3n) is 5.55. The van der Waals surface area contributed by atoms with Crippen LogP contribution < -0.4 is 0 Å². The predicted molar refractivity (Wildman–Crippen MR) is 107 cm³/mol. The Morgan fingerprint density at radius 3 is 1.46 bits per heavy atom. The molecular formula is C20H44N4. The highest BCUT2D eigenvalue weighted by Crippen LogP contribution is 2.08. The van der Waals surface area contributed by atoms with Crippen molar-refractivity contribution in [1.29, 1.82) is 0 Å². The van der Waals surface area contributed by atoms with Crippen molar-refractivity contribution in [1.82, 2.24) is 19.6 Å². The zero-order valence-electron chi connectivity index (χ0n) is 17.6. The first-order valence-corrected chi connectivity index (χ1v) is 10.2. The minimum Gasteiger partial charge on any atom is -0.304 e. The topological polar surface area (TPSA) is 13.0 Å². The van der Waals surface area contributed by atoms with Crippen molar-refractivity contribution >= 4 is 0 Å². The molecule has 0 aromatic heterocycles. The van der Waals surface area contributed by atoms with Gasteiger partial charge in [-0.15, -0.1) is 0 Å². The van der Waals surface area contributed by atoms with Gasteiger partial charge in [-0.1, -0.05) is 0 Å². The molecule has 144 valence electrons. The molecule has 0 spiro atoms. The highest BCUT2D eigenvalue weighted by molar-refractivity contribution is 4.74. The smallest absolute Gasteiger partial charge is 0.0110 e. The Morgan fingerprint density at radius 2 is 1.08 bits per heavy atom. The molecule has 1 heterocycles. The second-order valence-electron chi connectivity index (χ2n) is 8.39. The van der Waals surface area contributed by atoms with Crippen LogP contribution in [0.15, 0.2) is 0 Å². The number of hydrogen-bond acceptors (Lipinski definition) is 4. The Hall–Kier alpha value is -0.160. The molecule has 1 aliphatic rings. The maximum absolute atomic E-state index is 2.66. The lowest BCUT2D eigenvalue weighted by atomic mass is 10.2. The highest BCUT2D eigenvalue weighted by Gasteiger charge is 2.18. The summed E-state index contributed by atoms with van der Waals surface area (Å²) < 4.78 is 0. The first-order chi connectivity index (χ1) is 11.3. The van der Waals surface area contributed by atoms with Gasteiger partial charge >= 0.3 is 0 Å². The van der Waals surface area contributed by atoms with Gasteiger partial charge in [0.15, 0.2) is 0 Å². The fourth-order valence-corrected chi connectivity index (χ4v) is 3.63. The van der Waals surface area contributed by atoms with E-state index < -0.39 is 0 Å². The molecule has 0 amide bonds. The van der Waals surface area contributed by atoms with Gasteiger partial charge < -0.3 is 14.7 Å². The Bertz CT molecular complexity index is 301. The van der Waals surface area contributed by atoms with Crippen LogP contribution in [0.25, 0.3) is 0 Å². The summed E-state index contributed by atoms with van der Waals surface area (Å²) in [6, 6.07) is 1.98. The first kappa shape index (κ1) is 21.9. The summed E-state index contributed by atoms with van der Waals surface area (Å²) in [5, 5.41) is 0. The van der Waals surface area contributed by atoms with Crippen molar-refractivity contribution in [2.24, 2.45) is 0 Å².